The van der Waals surface area contributed by atoms with Crippen LogP contribution in [0.3, 0.4) is 0 Å². The van der Waals surface area contributed by atoms with Gasteiger partial charge >= 0.3 is 0 Å². The molecule has 2 amide bonds. The first-order valence-corrected chi connectivity index (χ1v) is 9.23. The van der Waals surface area contributed by atoms with Crippen LogP contribution in [-0.2, 0) is 11.3 Å². The molecule has 1 saturated heterocycles. The zero-order valence-electron chi connectivity index (χ0n) is 16.1. The minimum absolute atomic E-state index is 0.0249. The second-order valence-corrected chi connectivity index (χ2v) is 6.97. The van der Waals surface area contributed by atoms with E-state index in [4.69, 9.17) is 4.74 Å². The Labute approximate surface area is 159 Å². The lowest BCUT2D eigenvalue weighted by Gasteiger charge is -2.26. The number of nitrogens with one attached hydrogen (secondary N) is 1. The summed E-state index contributed by atoms with van der Waals surface area (Å²) >= 11 is 0. The number of amides is 2. The van der Waals surface area contributed by atoms with Crippen LogP contribution in [0.5, 0.6) is 0 Å². The highest BCUT2D eigenvalue weighted by molar-refractivity contribution is 5.97. The molecule has 1 aliphatic rings. The fraction of sp³-hybridized carbons (Fsp3) is 0.450. The number of hydrogen-bond acceptors (Lipinski definition) is 4. The lowest BCUT2D eigenvalue weighted by Crippen LogP contribution is -2.40. The van der Waals surface area contributed by atoms with Crippen LogP contribution < -0.4 is 5.32 Å². The Morgan fingerprint density at radius 1 is 1.15 bits per heavy atom. The number of aromatic nitrogens is 2. The summed E-state index contributed by atoms with van der Waals surface area (Å²) in [5.74, 6) is -0.183. The van der Waals surface area contributed by atoms with Crippen molar-refractivity contribution in [3.05, 3.63) is 52.8 Å². The van der Waals surface area contributed by atoms with Gasteiger partial charge in [0.15, 0.2) is 0 Å². The molecule has 3 rings (SSSR count). The Kier molecular flexibility index (Phi) is 5.91. The average molecular weight is 370 g/mol. The summed E-state index contributed by atoms with van der Waals surface area (Å²) in [5, 5.41) is 7.40. The van der Waals surface area contributed by atoms with Crippen LogP contribution >= 0.6 is 0 Å². The molecule has 0 aliphatic carbocycles. The highest BCUT2D eigenvalue weighted by Gasteiger charge is 2.19. The van der Waals surface area contributed by atoms with Crippen LogP contribution in [0.4, 0.5) is 0 Å². The Hall–Kier alpha value is -2.67. The summed E-state index contributed by atoms with van der Waals surface area (Å²) < 4.78 is 7.16. The van der Waals surface area contributed by atoms with Crippen LogP contribution in [0, 0.1) is 13.8 Å². The second kappa shape index (κ2) is 8.35. The lowest BCUT2D eigenvalue weighted by molar-refractivity contribution is 0.0303. The number of hydrogen-bond donors (Lipinski definition) is 1. The molecule has 144 valence electrons. The van der Waals surface area contributed by atoms with Crippen molar-refractivity contribution in [3.8, 4) is 0 Å². The molecule has 1 N–H and O–H groups in total. The maximum atomic E-state index is 12.5. The molecule has 0 saturated carbocycles. The number of nitrogens with zero attached hydrogens (tertiary/aromatic N) is 3. The number of carbonyl (C=O) groups excluding carboxylic acids is 2. The van der Waals surface area contributed by atoms with E-state index in [0.717, 1.165) is 11.4 Å². The molecular formula is C20H26N4O3. The van der Waals surface area contributed by atoms with Crippen LogP contribution in [-0.4, -0.2) is 58.8 Å². The standard InChI is InChI=1S/C20H26N4O3/c1-14-12-16(3)24(22-14)13-15(2)21-19(25)17-4-6-18(7-5-17)20(26)23-8-10-27-11-9-23/h4-7,12,15H,8-11,13H2,1-3H3,(H,21,25)/t15-/m0/s1. The summed E-state index contributed by atoms with van der Waals surface area (Å²) in [6.45, 7) is 8.85. The third-order valence-electron chi connectivity index (χ3n) is 4.62. The van der Waals surface area contributed by atoms with Crippen LogP contribution in [0.25, 0.3) is 0 Å². The van der Waals surface area contributed by atoms with E-state index in [2.05, 4.69) is 10.4 Å². The van der Waals surface area contributed by atoms with Gasteiger partial charge in [-0.05, 0) is 51.1 Å². The molecule has 7 nitrogen and oxygen atoms in total. The molecule has 0 radical (unpaired) electrons. The van der Waals surface area contributed by atoms with Gasteiger partial charge in [0, 0.05) is 36.0 Å². The highest BCUT2D eigenvalue weighted by Crippen LogP contribution is 2.10. The van der Waals surface area contributed by atoms with Crippen molar-refractivity contribution in [1.29, 1.82) is 0 Å². The molecule has 2 heterocycles. The number of carbonyl (C=O) groups is 2. The molecule has 1 aromatic heterocycles. The van der Waals surface area contributed by atoms with Gasteiger partial charge in [-0.1, -0.05) is 0 Å². The fourth-order valence-corrected chi connectivity index (χ4v) is 3.19. The van der Waals surface area contributed by atoms with E-state index in [1.165, 1.54) is 0 Å². The number of benzene rings is 1. The van der Waals surface area contributed by atoms with E-state index in [1.807, 2.05) is 31.5 Å². The summed E-state index contributed by atoms with van der Waals surface area (Å²) in [5.41, 5.74) is 3.16. The number of ether oxygens (including phenoxy) is 1. The largest absolute Gasteiger partial charge is 0.378 e. The Balaban J connectivity index is 1.58. The summed E-state index contributed by atoms with van der Waals surface area (Å²) in [4.78, 5) is 26.7. The molecule has 1 aromatic carbocycles. The van der Waals surface area contributed by atoms with Crippen molar-refractivity contribution in [2.24, 2.45) is 0 Å². The van der Waals surface area contributed by atoms with Gasteiger partial charge in [0.05, 0.1) is 25.5 Å². The highest BCUT2D eigenvalue weighted by atomic mass is 16.5. The molecule has 0 spiro atoms. The maximum Gasteiger partial charge on any atom is 0.254 e. The first kappa shape index (κ1) is 19.1. The summed E-state index contributed by atoms with van der Waals surface area (Å²) in [6.07, 6.45) is 0. The van der Waals surface area contributed by atoms with Crippen molar-refractivity contribution in [2.45, 2.75) is 33.4 Å². The minimum atomic E-state index is -0.158. The van der Waals surface area contributed by atoms with Gasteiger partial charge in [0.1, 0.15) is 0 Å². The lowest BCUT2D eigenvalue weighted by atomic mass is 10.1. The van der Waals surface area contributed by atoms with Gasteiger partial charge in [-0.3, -0.25) is 14.3 Å². The molecule has 1 atom stereocenters. The van der Waals surface area contributed by atoms with Crippen LogP contribution in [0.2, 0.25) is 0 Å². The van der Waals surface area contributed by atoms with Crippen molar-refractivity contribution in [3.63, 3.8) is 0 Å². The van der Waals surface area contributed by atoms with Gasteiger partial charge in [0.25, 0.3) is 11.8 Å². The first-order valence-electron chi connectivity index (χ1n) is 9.23. The smallest absolute Gasteiger partial charge is 0.254 e. The van der Waals surface area contributed by atoms with Crippen molar-refractivity contribution in [2.75, 3.05) is 26.3 Å². The summed E-state index contributed by atoms with van der Waals surface area (Å²) in [7, 11) is 0. The summed E-state index contributed by atoms with van der Waals surface area (Å²) in [6, 6.07) is 8.75. The molecule has 0 bridgehead atoms. The zero-order valence-corrected chi connectivity index (χ0v) is 16.1. The fourth-order valence-electron chi connectivity index (χ4n) is 3.19. The Morgan fingerprint density at radius 2 is 1.78 bits per heavy atom. The van der Waals surface area contributed by atoms with E-state index < -0.39 is 0 Å². The Morgan fingerprint density at radius 3 is 2.37 bits per heavy atom. The van der Waals surface area contributed by atoms with E-state index in [9.17, 15) is 9.59 Å². The topological polar surface area (TPSA) is 76.5 Å². The monoisotopic (exact) mass is 370 g/mol. The third kappa shape index (κ3) is 4.74. The number of aryl methyl sites for hydroxylation is 2. The van der Waals surface area contributed by atoms with Gasteiger partial charge < -0.3 is 15.0 Å². The number of rotatable bonds is 5. The van der Waals surface area contributed by atoms with E-state index in [0.29, 0.717) is 44.0 Å². The van der Waals surface area contributed by atoms with Crippen molar-refractivity contribution in [1.82, 2.24) is 20.0 Å². The van der Waals surface area contributed by atoms with Gasteiger partial charge in [-0.2, -0.15) is 5.10 Å². The normalized spacial score (nSPS) is 15.4. The van der Waals surface area contributed by atoms with E-state index in [1.54, 1.807) is 29.2 Å². The van der Waals surface area contributed by atoms with Crippen LogP contribution in [0.1, 0.15) is 39.0 Å². The maximum absolute atomic E-state index is 12.5. The molecule has 1 fully saturated rings. The minimum Gasteiger partial charge on any atom is -0.378 e. The van der Waals surface area contributed by atoms with E-state index >= 15 is 0 Å². The van der Waals surface area contributed by atoms with Gasteiger partial charge in [-0.15, -0.1) is 0 Å². The predicted molar refractivity (Wildman–Crippen MR) is 102 cm³/mol. The molecule has 1 aliphatic heterocycles. The van der Waals surface area contributed by atoms with Gasteiger partial charge in [0.2, 0.25) is 0 Å². The molecule has 7 heteroatoms. The van der Waals surface area contributed by atoms with Crippen molar-refractivity contribution < 1.29 is 14.3 Å². The predicted octanol–water partition coefficient (Wildman–Crippen LogP) is 1.79. The Bertz CT molecular complexity index is 807. The van der Waals surface area contributed by atoms with Gasteiger partial charge in [-0.25, -0.2) is 0 Å². The molecule has 0 unspecified atom stereocenters. The second-order valence-electron chi connectivity index (χ2n) is 6.97. The van der Waals surface area contributed by atoms with Crippen LogP contribution in [0.15, 0.2) is 30.3 Å². The number of morpholine rings is 1. The molecule has 27 heavy (non-hydrogen) atoms. The quantitative estimate of drug-likeness (QED) is 0.871. The van der Waals surface area contributed by atoms with E-state index in [-0.39, 0.29) is 17.9 Å². The zero-order chi connectivity index (χ0) is 19.4. The van der Waals surface area contributed by atoms with Crippen molar-refractivity contribution >= 4 is 11.8 Å². The third-order valence-corrected chi connectivity index (χ3v) is 4.62. The average Bonchev–Trinajstić information content (AvgIpc) is 2.98. The first-order chi connectivity index (χ1) is 12.9. The SMILES string of the molecule is Cc1cc(C)n(C[C@H](C)NC(=O)c2ccc(C(=O)N3CCOCC3)cc2)n1. The molecular weight excluding hydrogens is 344 g/mol. The molecule has 2 aromatic rings.